The fourth-order valence-corrected chi connectivity index (χ4v) is 2.67. The van der Waals surface area contributed by atoms with E-state index in [2.05, 4.69) is 15.0 Å². The molecule has 0 amide bonds. The highest BCUT2D eigenvalue weighted by atomic mass is 19.1. The molecule has 0 aliphatic carbocycles. The van der Waals surface area contributed by atoms with Crippen molar-refractivity contribution >= 4 is 17.1 Å². The van der Waals surface area contributed by atoms with Gasteiger partial charge >= 0.3 is 0 Å². The van der Waals surface area contributed by atoms with Crippen molar-refractivity contribution in [3.05, 3.63) is 6.33 Å². The second kappa shape index (κ2) is 5.65. The molecule has 8 nitrogen and oxygen atoms in total. The zero-order valence-corrected chi connectivity index (χ0v) is 12.3. The average molecular weight is 311 g/mol. The fraction of sp³-hybridized carbons (Fsp3) is 0.615. The van der Waals surface area contributed by atoms with Crippen LogP contribution in [0.25, 0.3) is 11.2 Å². The zero-order valence-electron chi connectivity index (χ0n) is 12.3. The van der Waals surface area contributed by atoms with Gasteiger partial charge in [0.15, 0.2) is 11.2 Å². The van der Waals surface area contributed by atoms with Gasteiger partial charge in [-0.15, -0.1) is 0 Å². The van der Waals surface area contributed by atoms with Crippen LogP contribution in [0.15, 0.2) is 6.33 Å². The predicted molar refractivity (Wildman–Crippen MR) is 76.0 cm³/mol. The number of aliphatic hydroxyl groups is 1. The van der Waals surface area contributed by atoms with Gasteiger partial charge in [-0.25, -0.2) is 9.37 Å². The number of aliphatic hydroxyl groups excluding tert-OH is 1. The number of nitrogen functional groups attached to an aromatic ring is 1. The standard InChI is InChI=1S/C13H18FN5O3/c1-3-21-11-9-10(17-13(15)18-11)19(5-16-9)12-6(2)8(14)7(4-20)22-12/h5-8,12,20H,3-4H2,1-2H3,(H2,15,17,18)/t6-,7+,8-,12+/m0/s1. The number of halogens is 1. The van der Waals surface area contributed by atoms with Crippen molar-refractivity contribution in [1.29, 1.82) is 0 Å². The summed E-state index contributed by atoms with van der Waals surface area (Å²) in [6.45, 7) is 3.57. The normalized spacial score (nSPS) is 28.4. The second-order valence-corrected chi connectivity index (χ2v) is 5.20. The molecule has 1 aliphatic rings. The first-order chi connectivity index (χ1) is 10.6. The Bertz CT molecular complexity index is 679. The molecule has 0 bridgehead atoms. The quantitative estimate of drug-likeness (QED) is 0.854. The van der Waals surface area contributed by atoms with Gasteiger partial charge in [0.1, 0.15) is 18.5 Å². The third kappa shape index (κ3) is 2.26. The van der Waals surface area contributed by atoms with E-state index in [9.17, 15) is 9.50 Å². The van der Waals surface area contributed by atoms with Crippen molar-refractivity contribution < 1.29 is 19.0 Å². The first-order valence-corrected chi connectivity index (χ1v) is 7.10. The molecule has 120 valence electrons. The van der Waals surface area contributed by atoms with Crippen LogP contribution in [0, 0.1) is 5.92 Å². The number of aromatic nitrogens is 4. The second-order valence-electron chi connectivity index (χ2n) is 5.20. The molecule has 0 spiro atoms. The molecule has 9 heteroatoms. The van der Waals surface area contributed by atoms with Crippen molar-refractivity contribution in [3.8, 4) is 5.88 Å². The van der Waals surface area contributed by atoms with Gasteiger partial charge < -0.3 is 20.3 Å². The van der Waals surface area contributed by atoms with E-state index in [0.717, 1.165) is 0 Å². The maximum Gasteiger partial charge on any atom is 0.247 e. The number of hydrogen-bond acceptors (Lipinski definition) is 7. The number of rotatable bonds is 4. The molecule has 0 aromatic carbocycles. The molecule has 4 atom stereocenters. The summed E-state index contributed by atoms with van der Waals surface area (Å²) in [6, 6.07) is 0. The molecule has 2 aromatic heterocycles. The van der Waals surface area contributed by atoms with Crippen LogP contribution < -0.4 is 10.5 Å². The molecule has 0 unspecified atom stereocenters. The van der Waals surface area contributed by atoms with E-state index in [1.54, 1.807) is 11.5 Å². The minimum absolute atomic E-state index is 0.0406. The molecule has 3 heterocycles. The van der Waals surface area contributed by atoms with E-state index in [0.29, 0.717) is 17.8 Å². The third-order valence-electron chi connectivity index (χ3n) is 3.76. The molecule has 22 heavy (non-hydrogen) atoms. The highest BCUT2D eigenvalue weighted by molar-refractivity contribution is 5.77. The van der Waals surface area contributed by atoms with E-state index in [4.69, 9.17) is 15.2 Å². The monoisotopic (exact) mass is 311 g/mol. The average Bonchev–Trinajstić information content (AvgIpc) is 3.02. The molecule has 2 aromatic rings. The third-order valence-corrected chi connectivity index (χ3v) is 3.76. The summed E-state index contributed by atoms with van der Waals surface area (Å²) in [5.74, 6) is -0.134. The number of nitrogens with two attached hydrogens (primary N) is 1. The van der Waals surface area contributed by atoms with Crippen molar-refractivity contribution in [2.75, 3.05) is 18.9 Å². The number of hydrogen-bond donors (Lipinski definition) is 2. The molecule has 3 N–H and O–H groups in total. The number of fused-ring (bicyclic) bond motifs is 1. The number of alkyl halides is 1. The van der Waals surface area contributed by atoms with Gasteiger partial charge in [0.2, 0.25) is 11.8 Å². The predicted octanol–water partition coefficient (Wildman–Crippen LogP) is 0.671. The van der Waals surface area contributed by atoms with Crippen LogP contribution in [0.5, 0.6) is 5.88 Å². The van der Waals surface area contributed by atoms with Gasteiger partial charge in [0.05, 0.1) is 19.5 Å². The van der Waals surface area contributed by atoms with E-state index < -0.39 is 24.4 Å². The lowest BCUT2D eigenvalue weighted by molar-refractivity contribution is -0.0366. The van der Waals surface area contributed by atoms with Crippen LogP contribution >= 0.6 is 0 Å². The van der Waals surface area contributed by atoms with Crippen LogP contribution in [-0.2, 0) is 4.74 Å². The summed E-state index contributed by atoms with van der Waals surface area (Å²) < 4.78 is 26.7. The molecule has 1 fully saturated rings. The van der Waals surface area contributed by atoms with E-state index >= 15 is 0 Å². The molecule has 3 rings (SSSR count). The van der Waals surface area contributed by atoms with Gasteiger partial charge in [0, 0.05) is 5.92 Å². The molecule has 1 saturated heterocycles. The van der Waals surface area contributed by atoms with Gasteiger partial charge in [0.25, 0.3) is 0 Å². The summed E-state index contributed by atoms with van der Waals surface area (Å²) in [4.78, 5) is 12.4. The largest absolute Gasteiger partial charge is 0.476 e. The van der Waals surface area contributed by atoms with Crippen molar-refractivity contribution in [2.45, 2.75) is 32.4 Å². The topological polar surface area (TPSA) is 108 Å². The highest BCUT2D eigenvalue weighted by Crippen LogP contribution is 2.38. The van der Waals surface area contributed by atoms with E-state index in [1.807, 2.05) is 6.92 Å². The first-order valence-electron chi connectivity index (χ1n) is 7.10. The molecule has 0 saturated carbocycles. The molecular weight excluding hydrogens is 293 g/mol. The van der Waals surface area contributed by atoms with Gasteiger partial charge in [-0.3, -0.25) is 4.57 Å². The SMILES string of the molecule is CCOc1nc(N)nc2c1ncn2[C@@H]1O[C@H](CO)[C@@H](F)[C@@H]1C. The number of nitrogens with zero attached hydrogens (tertiary/aromatic N) is 4. The summed E-state index contributed by atoms with van der Waals surface area (Å²) in [6.07, 6.45) is -1.25. The minimum Gasteiger partial charge on any atom is -0.476 e. The molecular formula is C13H18FN5O3. The van der Waals surface area contributed by atoms with Crippen LogP contribution in [0.2, 0.25) is 0 Å². The Hall–Kier alpha value is -2.00. The van der Waals surface area contributed by atoms with Crippen molar-refractivity contribution in [1.82, 2.24) is 19.5 Å². The van der Waals surface area contributed by atoms with Gasteiger partial charge in [-0.1, -0.05) is 6.92 Å². The van der Waals surface area contributed by atoms with Crippen molar-refractivity contribution in [2.24, 2.45) is 5.92 Å². The van der Waals surface area contributed by atoms with Crippen LogP contribution in [0.1, 0.15) is 20.1 Å². The highest BCUT2D eigenvalue weighted by Gasteiger charge is 2.43. The zero-order chi connectivity index (χ0) is 15.9. The maximum atomic E-state index is 14.1. The fourth-order valence-electron chi connectivity index (χ4n) is 2.67. The Morgan fingerprint density at radius 1 is 1.50 bits per heavy atom. The van der Waals surface area contributed by atoms with Crippen LogP contribution in [-0.4, -0.2) is 50.1 Å². The Balaban J connectivity index is 2.05. The summed E-state index contributed by atoms with van der Waals surface area (Å²) in [5.41, 5.74) is 6.55. The number of anilines is 1. The van der Waals surface area contributed by atoms with E-state index in [-0.39, 0.29) is 18.4 Å². The summed E-state index contributed by atoms with van der Waals surface area (Å²) >= 11 is 0. The van der Waals surface area contributed by atoms with Crippen LogP contribution in [0.4, 0.5) is 10.3 Å². The Kier molecular flexibility index (Phi) is 3.83. The Morgan fingerprint density at radius 2 is 2.27 bits per heavy atom. The number of ether oxygens (including phenoxy) is 2. The minimum atomic E-state index is -1.27. The maximum absolute atomic E-state index is 14.1. The first kappa shape index (κ1) is 14.9. The van der Waals surface area contributed by atoms with Gasteiger partial charge in [-0.2, -0.15) is 9.97 Å². The van der Waals surface area contributed by atoms with Gasteiger partial charge in [-0.05, 0) is 6.92 Å². The lowest BCUT2D eigenvalue weighted by Gasteiger charge is -2.17. The van der Waals surface area contributed by atoms with E-state index in [1.165, 1.54) is 6.33 Å². The lowest BCUT2D eigenvalue weighted by atomic mass is 10.0. The number of imidazole rings is 1. The van der Waals surface area contributed by atoms with Crippen LogP contribution in [0.3, 0.4) is 0 Å². The molecule has 0 radical (unpaired) electrons. The Labute approximate surface area is 126 Å². The Morgan fingerprint density at radius 3 is 2.91 bits per heavy atom. The summed E-state index contributed by atoms with van der Waals surface area (Å²) in [7, 11) is 0. The smallest absolute Gasteiger partial charge is 0.247 e. The lowest BCUT2D eigenvalue weighted by Crippen LogP contribution is -2.24. The molecule has 1 aliphatic heterocycles. The summed E-state index contributed by atoms with van der Waals surface area (Å²) in [5, 5.41) is 9.19. The van der Waals surface area contributed by atoms with Crippen molar-refractivity contribution in [3.63, 3.8) is 0 Å².